The van der Waals surface area contributed by atoms with Gasteiger partial charge < -0.3 is 10.2 Å². The van der Waals surface area contributed by atoms with Gasteiger partial charge in [0.05, 0.1) is 0 Å². The maximum Gasteiger partial charge on any atom is 0.193 e. The van der Waals surface area contributed by atoms with Crippen LogP contribution in [0.2, 0.25) is 0 Å². The predicted molar refractivity (Wildman–Crippen MR) is 75.4 cm³/mol. The fourth-order valence-electron chi connectivity index (χ4n) is 1.81. The first-order valence-corrected chi connectivity index (χ1v) is 6.88. The Morgan fingerprint density at radius 3 is 2.88 bits per heavy atom. The maximum atomic E-state index is 4.68. The van der Waals surface area contributed by atoms with Crippen LogP contribution in [0.4, 0.5) is 0 Å². The standard InChI is InChI=1S/C14H27N3/c1-4-6-7-12-17(3)14(15-5-2)16-11-10-13-8-9-13/h4,13H,1,5-12H2,2-3H3,(H,15,16). The Bertz CT molecular complexity index is 244. The average molecular weight is 237 g/mol. The van der Waals surface area contributed by atoms with Gasteiger partial charge in [-0.2, -0.15) is 0 Å². The number of nitrogens with one attached hydrogen (secondary N) is 1. The molecule has 1 rings (SSSR count). The molecule has 1 N–H and O–H groups in total. The van der Waals surface area contributed by atoms with Crippen LogP contribution in [-0.2, 0) is 0 Å². The van der Waals surface area contributed by atoms with Gasteiger partial charge in [-0.05, 0) is 32.1 Å². The van der Waals surface area contributed by atoms with Gasteiger partial charge in [-0.25, -0.2) is 0 Å². The van der Waals surface area contributed by atoms with Crippen molar-refractivity contribution in [1.29, 1.82) is 0 Å². The van der Waals surface area contributed by atoms with E-state index >= 15 is 0 Å². The van der Waals surface area contributed by atoms with Crippen molar-refractivity contribution in [2.24, 2.45) is 10.9 Å². The summed E-state index contributed by atoms with van der Waals surface area (Å²) in [6.07, 6.45) is 8.29. The van der Waals surface area contributed by atoms with E-state index in [0.29, 0.717) is 0 Å². The Balaban J connectivity index is 2.29. The summed E-state index contributed by atoms with van der Waals surface area (Å²) in [6, 6.07) is 0. The molecule has 0 aromatic carbocycles. The lowest BCUT2D eigenvalue weighted by atomic mass is 10.3. The van der Waals surface area contributed by atoms with Gasteiger partial charge in [0.2, 0.25) is 0 Å². The van der Waals surface area contributed by atoms with Crippen LogP contribution in [0.25, 0.3) is 0 Å². The van der Waals surface area contributed by atoms with Crippen LogP contribution in [0.3, 0.4) is 0 Å². The Hall–Kier alpha value is -0.990. The summed E-state index contributed by atoms with van der Waals surface area (Å²) in [6.45, 7) is 8.82. The normalized spacial score (nSPS) is 15.8. The zero-order valence-corrected chi connectivity index (χ0v) is 11.4. The van der Waals surface area contributed by atoms with Gasteiger partial charge in [0.25, 0.3) is 0 Å². The highest BCUT2D eigenvalue weighted by Gasteiger charge is 2.20. The van der Waals surface area contributed by atoms with Gasteiger partial charge in [0.15, 0.2) is 5.96 Å². The maximum absolute atomic E-state index is 4.68. The largest absolute Gasteiger partial charge is 0.357 e. The minimum absolute atomic E-state index is 0.939. The highest BCUT2D eigenvalue weighted by atomic mass is 15.3. The first-order chi connectivity index (χ1) is 8.27. The van der Waals surface area contributed by atoms with E-state index in [-0.39, 0.29) is 0 Å². The molecule has 0 heterocycles. The van der Waals surface area contributed by atoms with E-state index in [1.165, 1.54) is 19.3 Å². The van der Waals surface area contributed by atoms with Crippen LogP contribution in [-0.4, -0.2) is 37.5 Å². The summed E-state index contributed by atoms with van der Waals surface area (Å²) in [5.41, 5.74) is 0. The fraction of sp³-hybridized carbons (Fsp3) is 0.786. The van der Waals surface area contributed by atoms with Crippen molar-refractivity contribution in [1.82, 2.24) is 10.2 Å². The molecule has 98 valence electrons. The van der Waals surface area contributed by atoms with E-state index in [4.69, 9.17) is 0 Å². The molecule has 0 spiro atoms. The predicted octanol–water partition coefficient (Wildman–Crippen LogP) is 2.65. The molecule has 1 saturated carbocycles. The van der Waals surface area contributed by atoms with E-state index in [2.05, 4.69) is 35.8 Å². The van der Waals surface area contributed by atoms with E-state index in [1.807, 2.05) is 6.08 Å². The van der Waals surface area contributed by atoms with Crippen molar-refractivity contribution in [3.05, 3.63) is 12.7 Å². The molecule has 1 aliphatic rings. The van der Waals surface area contributed by atoms with Gasteiger partial charge in [-0.1, -0.05) is 18.9 Å². The van der Waals surface area contributed by atoms with E-state index in [9.17, 15) is 0 Å². The first-order valence-electron chi connectivity index (χ1n) is 6.88. The van der Waals surface area contributed by atoms with E-state index in [1.54, 1.807) is 0 Å². The number of nitrogens with zero attached hydrogens (tertiary/aromatic N) is 2. The Morgan fingerprint density at radius 1 is 1.53 bits per heavy atom. The highest BCUT2D eigenvalue weighted by Crippen LogP contribution is 2.32. The molecule has 0 saturated heterocycles. The number of aliphatic imine (C=N–C) groups is 1. The Kier molecular flexibility index (Phi) is 6.75. The number of allylic oxidation sites excluding steroid dienone is 1. The van der Waals surface area contributed by atoms with Gasteiger partial charge in [0.1, 0.15) is 0 Å². The molecule has 0 atom stereocenters. The van der Waals surface area contributed by atoms with Crippen LogP contribution >= 0.6 is 0 Å². The monoisotopic (exact) mass is 237 g/mol. The molecule has 1 fully saturated rings. The van der Waals surface area contributed by atoms with Gasteiger partial charge in [0, 0.05) is 26.7 Å². The molecule has 3 nitrogen and oxygen atoms in total. The van der Waals surface area contributed by atoms with Gasteiger partial charge in [-0.15, -0.1) is 6.58 Å². The molecule has 0 aliphatic heterocycles. The lowest BCUT2D eigenvalue weighted by Crippen LogP contribution is -2.39. The molecule has 0 radical (unpaired) electrons. The molecule has 17 heavy (non-hydrogen) atoms. The summed E-state index contributed by atoms with van der Waals surface area (Å²) in [5.74, 6) is 2.02. The molecule has 0 bridgehead atoms. The summed E-state index contributed by atoms with van der Waals surface area (Å²) < 4.78 is 0. The summed E-state index contributed by atoms with van der Waals surface area (Å²) in [4.78, 5) is 6.90. The van der Waals surface area contributed by atoms with Gasteiger partial charge >= 0.3 is 0 Å². The minimum Gasteiger partial charge on any atom is -0.357 e. The summed E-state index contributed by atoms with van der Waals surface area (Å²) in [5, 5.41) is 3.35. The SMILES string of the molecule is C=CCCCN(C)C(=NCCC1CC1)NCC. The van der Waals surface area contributed by atoms with Crippen LogP contribution in [0.1, 0.15) is 39.0 Å². The Labute approximate surface area is 106 Å². The van der Waals surface area contributed by atoms with Crippen molar-refractivity contribution < 1.29 is 0 Å². The third kappa shape index (κ3) is 6.35. The van der Waals surface area contributed by atoms with E-state index < -0.39 is 0 Å². The number of hydrogen-bond donors (Lipinski definition) is 1. The third-order valence-corrected chi connectivity index (χ3v) is 3.09. The topological polar surface area (TPSA) is 27.6 Å². The number of rotatable bonds is 8. The van der Waals surface area contributed by atoms with Crippen LogP contribution in [0.15, 0.2) is 17.6 Å². The number of unbranched alkanes of at least 4 members (excludes halogenated alkanes) is 1. The smallest absolute Gasteiger partial charge is 0.193 e. The molecular formula is C14H27N3. The van der Waals surface area contributed by atoms with Crippen molar-refractivity contribution in [2.45, 2.75) is 39.0 Å². The highest BCUT2D eigenvalue weighted by molar-refractivity contribution is 5.79. The molecule has 1 aliphatic carbocycles. The zero-order chi connectivity index (χ0) is 12.5. The first kappa shape index (κ1) is 14.1. The third-order valence-electron chi connectivity index (χ3n) is 3.09. The lowest BCUT2D eigenvalue weighted by molar-refractivity contribution is 0.469. The number of guanidine groups is 1. The van der Waals surface area contributed by atoms with Crippen LogP contribution in [0, 0.1) is 5.92 Å². The second-order valence-corrected chi connectivity index (χ2v) is 4.82. The second-order valence-electron chi connectivity index (χ2n) is 4.82. The van der Waals surface area contributed by atoms with Crippen LogP contribution in [0.5, 0.6) is 0 Å². The lowest BCUT2D eigenvalue weighted by Gasteiger charge is -2.21. The molecule has 0 unspecified atom stereocenters. The van der Waals surface area contributed by atoms with Crippen molar-refractivity contribution in [2.75, 3.05) is 26.7 Å². The number of hydrogen-bond acceptors (Lipinski definition) is 1. The van der Waals surface area contributed by atoms with Crippen LogP contribution < -0.4 is 5.32 Å². The summed E-state index contributed by atoms with van der Waals surface area (Å²) in [7, 11) is 2.11. The molecule has 0 aromatic rings. The Morgan fingerprint density at radius 2 is 2.29 bits per heavy atom. The average Bonchev–Trinajstić information content (AvgIpc) is 3.12. The van der Waals surface area contributed by atoms with E-state index in [0.717, 1.165) is 44.4 Å². The van der Waals surface area contributed by atoms with Crippen molar-refractivity contribution in [3.63, 3.8) is 0 Å². The quantitative estimate of drug-likeness (QED) is 0.304. The molecule has 3 heteroatoms. The summed E-state index contributed by atoms with van der Waals surface area (Å²) >= 11 is 0. The zero-order valence-electron chi connectivity index (χ0n) is 11.4. The second kappa shape index (κ2) is 8.15. The van der Waals surface area contributed by atoms with Crippen molar-refractivity contribution >= 4 is 5.96 Å². The molecule has 0 aromatic heterocycles. The minimum atomic E-state index is 0.939. The fourth-order valence-corrected chi connectivity index (χ4v) is 1.81. The molecule has 0 amide bonds. The molecular weight excluding hydrogens is 210 g/mol. The van der Waals surface area contributed by atoms with Gasteiger partial charge in [-0.3, -0.25) is 4.99 Å². The van der Waals surface area contributed by atoms with Crippen molar-refractivity contribution in [3.8, 4) is 0 Å².